The van der Waals surface area contributed by atoms with Crippen molar-refractivity contribution in [1.29, 1.82) is 0 Å². The summed E-state index contributed by atoms with van der Waals surface area (Å²) in [5.74, 6) is -0.396. The number of anilines is 1. The summed E-state index contributed by atoms with van der Waals surface area (Å²) in [5, 5.41) is 13.8. The number of nitro benzene ring substituents is 1. The molecular weight excluding hydrogens is 430 g/mol. The molecule has 0 atom stereocenters. The van der Waals surface area contributed by atoms with Crippen molar-refractivity contribution in [2.45, 2.75) is 24.8 Å². The number of benzene rings is 3. The highest BCUT2D eigenvalue weighted by Gasteiger charge is 2.28. The van der Waals surface area contributed by atoms with Gasteiger partial charge in [0.15, 0.2) is 0 Å². The average molecular weight is 452 g/mol. The first-order chi connectivity index (χ1) is 15.3. The number of nitrogens with one attached hydrogen (secondary N) is 1. The Morgan fingerprint density at radius 2 is 1.78 bits per heavy atom. The number of sulfonamides is 1. The number of carbonyl (C=O) groups is 1. The molecule has 3 aromatic carbocycles. The van der Waals surface area contributed by atoms with Gasteiger partial charge in [-0.05, 0) is 60.9 Å². The van der Waals surface area contributed by atoms with Crippen molar-refractivity contribution in [1.82, 2.24) is 4.31 Å². The number of fused-ring (bicyclic) bond motifs is 1. The second-order valence-corrected chi connectivity index (χ2v) is 9.54. The molecule has 9 heteroatoms. The van der Waals surface area contributed by atoms with E-state index in [0.717, 1.165) is 11.1 Å². The van der Waals surface area contributed by atoms with Crippen LogP contribution in [-0.4, -0.2) is 30.1 Å². The lowest BCUT2D eigenvalue weighted by atomic mass is 10.0. The Morgan fingerprint density at radius 3 is 2.47 bits per heavy atom. The second-order valence-electron chi connectivity index (χ2n) is 7.60. The smallest absolute Gasteiger partial charge is 0.272 e. The Bertz CT molecular complexity index is 1310. The van der Waals surface area contributed by atoms with Crippen molar-refractivity contribution in [3.63, 3.8) is 0 Å². The van der Waals surface area contributed by atoms with Gasteiger partial charge in [-0.3, -0.25) is 14.9 Å². The van der Waals surface area contributed by atoms with E-state index < -0.39 is 20.9 Å². The van der Waals surface area contributed by atoms with Crippen LogP contribution in [0, 0.1) is 17.0 Å². The van der Waals surface area contributed by atoms with Crippen LogP contribution >= 0.6 is 0 Å². The Kier molecular flexibility index (Phi) is 5.77. The summed E-state index contributed by atoms with van der Waals surface area (Å²) in [6.07, 6.45) is 0.581. The minimum Gasteiger partial charge on any atom is -0.322 e. The SMILES string of the molecule is Cc1cc(C(=O)Nc2ccc3c(c2)CN(S(=O)(=O)c2ccccc2)CC3)ccc1[N+](=O)[O-]. The van der Waals surface area contributed by atoms with E-state index >= 15 is 0 Å². The third kappa shape index (κ3) is 4.25. The van der Waals surface area contributed by atoms with E-state index in [1.54, 1.807) is 49.4 Å². The zero-order chi connectivity index (χ0) is 22.9. The molecule has 1 aliphatic rings. The van der Waals surface area contributed by atoms with Crippen LogP contribution in [0.5, 0.6) is 0 Å². The van der Waals surface area contributed by atoms with Crippen LogP contribution in [0.4, 0.5) is 11.4 Å². The molecule has 164 valence electrons. The monoisotopic (exact) mass is 451 g/mol. The molecule has 0 spiro atoms. The van der Waals surface area contributed by atoms with Crippen molar-refractivity contribution >= 4 is 27.3 Å². The number of hydrogen-bond donors (Lipinski definition) is 1. The fourth-order valence-corrected chi connectivity index (χ4v) is 5.20. The molecule has 0 fully saturated rings. The third-order valence-electron chi connectivity index (χ3n) is 5.48. The van der Waals surface area contributed by atoms with Crippen LogP contribution < -0.4 is 5.32 Å². The molecule has 4 rings (SSSR count). The van der Waals surface area contributed by atoms with Gasteiger partial charge in [0.05, 0.1) is 9.82 Å². The minimum atomic E-state index is -3.61. The fourth-order valence-electron chi connectivity index (χ4n) is 3.76. The van der Waals surface area contributed by atoms with Crippen molar-refractivity contribution < 1.29 is 18.1 Å². The Morgan fingerprint density at radius 1 is 1.03 bits per heavy atom. The Labute approximate surface area is 185 Å². The number of aryl methyl sites for hydroxylation is 1. The standard InChI is InChI=1S/C23H21N3O5S/c1-16-13-18(8-10-22(16)26(28)29)23(27)24-20-9-7-17-11-12-25(15-19(17)14-20)32(30,31)21-5-3-2-4-6-21/h2-10,13-14H,11-12,15H2,1H3,(H,24,27). The predicted octanol–water partition coefficient (Wildman–Crippen LogP) is 3.90. The molecule has 32 heavy (non-hydrogen) atoms. The number of amides is 1. The van der Waals surface area contributed by atoms with Crippen LogP contribution in [-0.2, 0) is 23.0 Å². The van der Waals surface area contributed by atoms with Gasteiger partial charge >= 0.3 is 0 Å². The molecule has 0 saturated heterocycles. The number of nitrogens with zero attached hydrogens (tertiary/aromatic N) is 2. The van der Waals surface area contributed by atoms with Crippen molar-refractivity contribution in [3.05, 3.63) is 99.1 Å². The predicted molar refractivity (Wildman–Crippen MR) is 120 cm³/mol. The molecular formula is C23H21N3O5S. The first kappa shape index (κ1) is 21.7. The van der Waals surface area contributed by atoms with Gasteiger partial charge in [0, 0.05) is 36.0 Å². The zero-order valence-electron chi connectivity index (χ0n) is 17.3. The van der Waals surface area contributed by atoms with Crippen LogP contribution in [0.3, 0.4) is 0 Å². The van der Waals surface area contributed by atoms with E-state index in [2.05, 4.69) is 5.32 Å². The van der Waals surface area contributed by atoms with Crippen LogP contribution in [0.2, 0.25) is 0 Å². The summed E-state index contributed by atoms with van der Waals surface area (Å²) in [6, 6.07) is 17.9. The average Bonchev–Trinajstić information content (AvgIpc) is 2.78. The van der Waals surface area contributed by atoms with E-state index in [1.165, 1.54) is 22.5 Å². The maximum atomic E-state index is 13.0. The molecule has 0 aromatic heterocycles. The highest BCUT2D eigenvalue weighted by atomic mass is 32.2. The molecule has 3 aromatic rings. The Hall–Kier alpha value is -3.56. The van der Waals surface area contributed by atoms with Crippen molar-refractivity contribution in [2.75, 3.05) is 11.9 Å². The molecule has 0 saturated carbocycles. The first-order valence-corrected chi connectivity index (χ1v) is 11.4. The van der Waals surface area contributed by atoms with Gasteiger partial charge in [-0.2, -0.15) is 4.31 Å². The molecule has 0 unspecified atom stereocenters. The van der Waals surface area contributed by atoms with E-state index in [4.69, 9.17) is 0 Å². The van der Waals surface area contributed by atoms with Crippen LogP contribution in [0.25, 0.3) is 0 Å². The van der Waals surface area contributed by atoms with Crippen molar-refractivity contribution in [2.24, 2.45) is 0 Å². The molecule has 1 amide bonds. The first-order valence-electron chi connectivity index (χ1n) is 9.99. The fraction of sp³-hybridized carbons (Fsp3) is 0.174. The molecule has 1 N–H and O–H groups in total. The van der Waals surface area contributed by atoms with Crippen LogP contribution in [0.1, 0.15) is 27.0 Å². The molecule has 0 aliphatic carbocycles. The number of nitro groups is 1. The van der Waals surface area contributed by atoms with Gasteiger partial charge in [-0.25, -0.2) is 8.42 Å². The van der Waals surface area contributed by atoms with Gasteiger partial charge in [-0.15, -0.1) is 0 Å². The summed E-state index contributed by atoms with van der Waals surface area (Å²) in [5.41, 5.74) is 3.05. The topological polar surface area (TPSA) is 110 Å². The summed E-state index contributed by atoms with van der Waals surface area (Å²) in [6.45, 7) is 2.18. The summed E-state index contributed by atoms with van der Waals surface area (Å²) in [4.78, 5) is 23.4. The molecule has 0 radical (unpaired) electrons. The minimum absolute atomic E-state index is 0.0463. The largest absolute Gasteiger partial charge is 0.322 e. The van der Waals surface area contributed by atoms with Gasteiger partial charge in [0.25, 0.3) is 11.6 Å². The summed E-state index contributed by atoms with van der Waals surface area (Å²) < 4.78 is 27.4. The second kappa shape index (κ2) is 8.52. The maximum absolute atomic E-state index is 13.0. The van der Waals surface area contributed by atoms with Gasteiger partial charge in [0.2, 0.25) is 10.0 Å². The molecule has 1 heterocycles. The van der Waals surface area contributed by atoms with Gasteiger partial charge < -0.3 is 5.32 Å². The summed E-state index contributed by atoms with van der Waals surface area (Å²) in [7, 11) is -3.61. The third-order valence-corrected chi connectivity index (χ3v) is 7.34. The number of hydrogen-bond acceptors (Lipinski definition) is 5. The highest BCUT2D eigenvalue weighted by molar-refractivity contribution is 7.89. The molecule has 1 aliphatic heterocycles. The quantitative estimate of drug-likeness (QED) is 0.467. The van der Waals surface area contributed by atoms with Gasteiger partial charge in [0.1, 0.15) is 0 Å². The lowest BCUT2D eigenvalue weighted by Crippen LogP contribution is -2.36. The van der Waals surface area contributed by atoms with Gasteiger partial charge in [-0.1, -0.05) is 24.3 Å². The lowest BCUT2D eigenvalue weighted by Gasteiger charge is -2.28. The van der Waals surface area contributed by atoms with E-state index in [1.807, 2.05) is 6.07 Å². The van der Waals surface area contributed by atoms with Crippen LogP contribution in [0.15, 0.2) is 71.6 Å². The lowest BCUT2D eigenvalue weighted by molar-refractivity contribution is -0.385. The number of rotatable bonds is 5. The number of carbonyl (C=O) groups excluding carboxylic acids is 1. The van der Waals surface area contributed by atoms with E-state index in [9.17, 15) is 23.3 Å². The van der Waals surface area contributed by atoms with E-state index in [-0.39, 0.29) is 17.1 Å². The van der Waals surface area contributed by atoms with E-state index in [0.29, 0.717) is 29.8 Å². The molecule has 0 bridgehead atoms. The summed E-state index contributed by atoms with van der Waals surface area (Å²) >= 11 is 0. The maximum Gasteiger partial charge on any atom is 0.272 e. The van der Waals surface area contributed by atoms with Crippen molar-refractivity contribution in [3.8, 4) is 0 Å². The normalized spacial score (nSPS) is 13.9. The molecule has 8 nitrogen and oxygen atoms in total. The Balaban J connectivity index is 1.53. The zero-order valence-corrected chi connectivity index (χ0v) is 18.1. The highest BCUT2D eigenvalue weighted by Crippen LogP contribution is 2.27.